The third-order valence-electron chi connectivity index (χ3n) is 3.19. The number of hydrogen-bond donors (Lipinski definition) is 2. The number of ether oxygens (including phenoxy) is 1. The van der Waals surface area contributed by atoms with Crippen LogP contribution in [0.3, 0.4) is 0 Å². The first kappa shape index (κ1) is 13.9. The second kappa shape index (κ2) is 6.56. The van der Waals surface area contributed by atoms with Crippen molar-refractivity contribution in [3.05, 3.63) is 16.3 Å². The number of thiophene rings is 1. The molecule has 104 valence electrons. The minimum absolute atomic E-state index is 0.228. The van der Waals surface area contributed by atoms with E-state index < -0.39 is 5.97 Å². The van der Waals surface area contributed by atoms with Crippen molar-refractivity contribution in [2.45, 2.75) is 38.1 Å². The Balaban J connectivity index is 1.74. The zero-order valence-electron chi connectivity index (χ0n) is 10.7. The standard InChI is InChI=1S/C13H18N2O3S/c14-10-6-7-19-12(10)13(17)18-8-11(16)15-9-4-2-1-3-5-9/h6-7,9H,1-5,8,14H2,(H,15,16). The van der Waals surface area contributed by atoms with E-state index >= 15 is 0 Å². The van der Waals surface area contributed by atoms with Crippen LogP contribution in [-0.4, -0.2) is 24.5 Å². The van der Waals surface area contributed by atoms with E-state index in [0.717, 1.165) is 25.7 Å². The molecule has 0 saturated heterocycles. The van der Waals surface area contributed by atoms with Gasteiger partial charge in [-0.15, -0.1) is 11.3 Å². The van der Waals surface area contributed by atoms with Crippen molar-refractivity contribution in [2.75, 3.05) is 12.3 Å². The van der Waals surface area contributed by atoms with Gasteiger partial charge in [-0.05, 0) is 24.3 Å². The van der Waals surface area contributed by atoms with Crippen LogP contribution in [0, 0.1) is 0 Å². The Hall–Kier alpha value is -1.56. The molecule has 6 heteroatoms. The Morgan fingerprint density at radius 3 is 2.74 bits per heavy atom. The molecule has 0 spiro atoms. The molecule has 0 atom stereocenters. The minimum atomic E-state index is -0.536. The van der Waals surface area contributed by atoms with Crippen LogP contribution in [0.25, 0.3) is 0 Å². The summed E-state index contributed by atoms with van der Waals surface area (Å²) >= 11 is 1.21. The number of hydrogen-bond acceptors (Lipinski definition) is 5. The zero-order chi connectivity index (χ0) is 13.7. The Morgan fingerprint density at radius 1 is 1.37 bits per heavy atom. The normalized spacial score (nSPS) is 16.0. The molecule has 1 heterocycles. The molecule has 1 aromatic rings. The fourth-order valence-electron chi connectivity index (χ4n) is 2.20. The SMILES string of the molecule is Nc1ccsc1C(=O)OCC(=O)NC1CCCCC1. The second-order valence-electron chi connectivity index (χ2n) is 4.68. The molecular formula is C13H18N2O3S. The van der Waals surface area contributed by atoms with Crippen molar-refractivity contribution >= 4 is 28.9 Å². The molecule has 1 aromatic heterocycles. The van der Waals surface area contributed by atoms with E-state index in [1.165, 1.54) is 17.8 Å². The number of amides is 1. The summed E-state index contributed by atoms with van der Waals surface area (Å²) in [7, 11) is 0. The van der Waals surface area contributed by atoms with Gasteiger partial charge in [-0.3, -0.25) is 4.79 Å². The van der Waals surface area contributed by atoms with Crippen molar-refractivity contribution in [3.8, 4) is 0 Å². The third kappa shape index (κ3) is 3.96. The lowest BCUT2D eigenvalue weighted by Gasteiger charge is -2.22. The second-order valence-corrected chi connectivity index (χ2v) is 5.60. The molecule has 5 nitrogen and oxygen atoms in total. The fourth-order valence-corrected chi connectivity index (χ4v) is 2.91. The lowest BCUT2D eigenvalue weighted by molar-refractivity contribution is -0.125. The maximum atomic E-state index is 11.7. The van der Waals surface area contributed by atoms with Crippen molar-refractivity contribution in [2.24, 2.45) is 0 Å². The van der Waals surface area contributed by atoms with Crippen LogP contribution in [0.5, 0.6) is 0 Å². The summed E-state index contributed by atoms with van der Waals surface area (Å²) in [6, 6.07) is 1.87. The van der Waals surface area contributed by atoms with Crippen LogP contribution in [0.15, 0.2) is 11.4 Å². The molecule has 1 saturated carbocycles. The van der Waals surface area contributed by atoms with E-state index in [9.17, 15) is 9.59 Å². The Morgan fingerprint density at radius 2 is 2.11 bits per heavy atom. The first-order chi connectivity index (χ1) is 9.16. The van der Waals surface area contributed by atoms with Gasteiger partial charge in [-0.25, -0.2) is 4.79 Å². The molecule has 3 N–H and O–H groups in total. The van der Waals surface area contributed by atoms with Crippen LogP contribution in [0.4, 0.5) is 5.69 Å². The highest BCUT2D eigenvalue weighted by atomic mass is 32.1. The monoisotopic (exact) mass is 282 g/mol. The topological polar surface area (TPSA) is 81.4 Å². The third-order valence-corrected chi connectivity index (χ3v) is 4.10. The Bertz CT molecular complexity index is 452. The average molecular weight is 282 g/mol. The van der Waals surface area contributed by atoms with Crippen molar-refractivity contribution in [3.63, 3.8) is 0 Å². The maximum absolute atomic E-state index is 11.7. The van der Waals surface area contributed by atoms with E-state index in [4.69, 9.17) is 10.5 Å². The number of nitrogen functional groups attached to an aromatic ring is 1. The van der Waals surface area contributed by atoms with Crippen LogP contribution >= 0.6 is 11.3 Å². The minimum Gasteiger partial charge on any atom is -0.451 e. The molecule has 2 rings (SSSR count). The van der Waals surface area contributed by atoms with Crippen molar-refractivity contribution in [1.29, 1.82) is 0 Å². The lowest BCUT2D eigenvalue weighted by Crippen LogP contribution is -2.38. The van der Waals surface area contributed by atoms with Crippen LogP contribution < -0.4 is 11.1 Å². The highest BCUT2D eigenvalue weighted by Crippen LogP contribution is 2.20. The van der Waals surface area contributed by atoms with E-state index in [-0.39, 0.29) is 18.6 Å². The van der Waals surface area contributed by atoms with Gasteiger partial charge in [-0.1, -0.05) is 19.3 Å². The number of carbonyl (C=O) groups excluding carboxylic acids is 2. The largest absolute Gasteiger partial charge is 0.451 e. The van der Waals surface area contributed by atoms with Gasteiger partial charge in [0.05, 0.1) is 5.69 Å². The van der Waals surface area contributed by atoms with Crippen molar-refractivity contribution < 1.29 is 14.3 Å². The maximum Gasteiger partial charge on any atom is 0.350 e. The van der Waals surface area contributed by atoms with Gasteiger partial charge in [0.25, 0.3) is 5.91 Å². The molecule has 0 bridgehead atoms. The molecule has 1 aliphatic rings. The number of rotatable bonds is 4. The van der Waals surface area contributed by atoms with Gasteiger partial charge in [-0.2, -0.15) is 0 Å². The highest BCUT2D eigenvalue weighted by molar-refractivity contribution is 7.12. The number of nitrogens with two attached hydrogens (primary N) is 1. The first-order valence-corrected chi connectivity index (χ1v) is 7.34. The van der Waals surface area contributed by atoms with Gasteiger partial charge in [0.2, 0.25) is 0 Å². The van der Waals surface area contributed by atoms with E-state index in [0.29, 0.717) is 10.6 Å². The van der Waals surface area contributed by atoms with Gasteiger partial charge in [0.15, 0.2) is 6.61 Å². The number of nitrogens with one attached hydrogen (secondary N) is 1. The Labute approximate surface area is 116 Å². The smallest absolute Gasteiger partial charge is 0.350 e. The molecule has 1 fully saturated rings. The van der Waals surface area contributed by atoms with Gasteiger partial charge < -0.3 is 15.8 Å². The van der Waals surface area contributed by atoms with Gasteiger partial charge in [0, 0.05) is 6.04 Å². The summed E-state index contributed by atoms with van der Waals surface area (Å²) in [6.07, 6.45) is 5.56. The summed E-state index contributed by atoms with van der Waals surface area (Å²) in [4.78, 5) is 23.7. The highest BCUT2D eigenvalue weighted by Gasteiger charge is 2.18. The van der Waals surface area contributed by atoms with E-state index in [1.807, 2.05) is 0 Å². The van der Waals surface area contributed by atoms with Gasteiger partial charge in [0.1, 0.15) is 4.88 Å². The molecule has 0 unspecified atom stereocenters. The summed E-state index contributed by atoms with van der Waals surface area (Å²) in [5.41, 5.74) is 6.00. The number of esters is 1. The van der Waals surface area contributed by atoms with Crippen LogP contribution in [0.2, 0.25) is 0 Å². The molecule has 0 radical (unpaired) electrons. The molecule has 19 heavy (non-hydrogen) atoms. The summed E-state index contributed by atoms with van der Waals surface area (Å²) in [5.74, 6) is -0.776. The quantitative estimate of drug-likeness (QED) is 0.827. The fraction of sp³-hybridized carbons (Fsp3) is 0.538. The summed E-state index contributed by atoms with van der Waals surface area (Å²) in [5, 5.41) is 4.61. The summed E-state index contributed by atoms with van der Waals surface area (Å²) < 4.78 is 4.95. The predicted molar refractivity (Wildman–Crippen MR) is 74.0 cm³/mol. The first-order valence-electron chi connectivity index (χ1n) is 6.46. The summed E-state index contributed by atoms with van der Waals surface area (Å²) in [6.45, 7) is -0.243. The molecule has 1 aliphatic carbocycles. The van der Waals surface area contributed by atoms with Crippen LogP contribution in [0.1, 0.15) is 41.8 Å². The zero-order valence-corrected chi connectivity index (χ0v) is 11.5. The van der Waals surface area contributed by atoms with E-state index in [1.54, 1.807) is 11.4 Å². The number of anilines is 1. The van der Waals surface area contributed by atoms with Crippen molar-refractivity contribution in [1.82, 2.24) is 5.32 Å². The van der Waals surface area contributed by atoms with E-state index in [2.05, 4.69) is 5.32 Å². The Kier molecular flexibility index (Phi) is 4.79. The number of carbonyl (C=O) groups is 2. The van der Waals surface area contributed by atoms with Crippen LogP contribution in [-0.2, 0) is 9.53 Å². The molecule has 0 aromatic carbocycles. The average Bonchev–Trinajstić information content (AvgIpc) is 2.83. The predicted octanol–water partition coefficient (Wildman–Crippen LogP) is 1.94. The molecule has 1 amide bonds. The lowest BCUT2D eigenvalue weighted by atomic mass is 9.95. The van der Waals surface area contributed by atoms with Gasteiger partial charge >= 0.3 is 5.97 Å². The molecule has 0 aliphatic heterocycles. The molecular weight excluding hydrogens is 264 g/mol.